The second kappa shape index (κ2) is 6.12. The van der Waals surface area contributed by atoms with E-state index in [0.717, 1.165) is 0 Å². The quantitative estimate of drug-likeness (QED) is 0.837. The Balaban J connectivity index is 2.61. The van der Waals surface area contributed by atoms with E-state index < -0.39 is 27.5 Å². The van der Waals surface area contributed by atoms with Gasteiger partial charge in [0, 0.05) is 12.1 Å². The first-order valence-electron chi connectivity index (χ1n) is 4.96. The summed E-state index contributed by atoms with van der Waals surface area (Å²) in [4.78, 5) is 11.3. The van der Waals surface area contributed by atoms with Gasteiger partial charge in [-0.15, -0.1) is 0 Å². The van der Waals surface area contributed by atoms with E-state index >= 15 is 0 Å². The molecule has 2 N–H and O–H groups in total. The number of rotatable bonds is 5. The van der Waals surface area contributed by atoms with Crippen molar-refractivity contribution in [2.24, 2.45) is 0 Å². The Hall–Kier alpha value is -1.18. The zero-order valence-corrected chi connectivity index (χ0v) is 11.1. The molecule has 0 saturated heterocycles. The van der Waals surface area contributed by atoms with Crippen LogP contribution in [0.5, 0.6) is 0 Å². The third-order valence-electron chi connectivity index (χ3n) is 2.14. The molecule has 0 heterocycles. The SMILES string of the molecule is CNS(=O)(=O)CC(=O)NCc1cccc(Cl)c1F. The highest BCUT2D eigenvalue weighted by molar-refractivity contribution is 7.90. The largest absolute Gasteiger partial charge is 0.351 e. The molecule has 0 unspecified atom stereocenters. The Morgan fingerprint density at radius 1 is 1.44 bits per heavy atom. The zero-order chi connectivity index (χ0) is 13.8. The molecule has 1 aromatic rings. The number of halogens is 2. The van der Waals surface area contributed by atoms with Gasteiger partial charge in [0.25, 0.3) is 0 Å². The maximum atomic E-state index is 13.4. The third-order valence-corrected chi connectivity index (χ3v) is 3.70. The normalized spacial score (nSPS) is 11.3. The summed E-state index contributed by atoms with van der Waals surface area (Å²) in [5.41, 5.74) is 0.192. The van der Waals surface area contributed by atoms with Crippen molar-refractivity contribution in [2.75, 3.05) is 12.8 Å². The first kappa shape index (κ1) is 14.9. The second-order valence-corrected chi connectivity index (χ2v) is 5.79. The number of amides is 1. The molecule has 0 atom stereocenters. The lowest BCUT2D eigenvalue weighted by Crippen LogP contribution is -2.34. The minimum absolute atomic E-state index is 0.0513. The van der Waals surface area contributed by atoms with Crippen LogP contribution >= 0.6 is 11.6 Å². The first-order chi connectivity index (χ1) is 8.35. The molecule has 0 radical (unpaired) electrons. The highest BCUT2D eigenvalue weighted by Gasteiger charge is 2.14. The van der Waals surface area contributed by atoms with Gasteiger partial charge in [0.2, 0.25) is 15.9 Å². The van der Waals surface area contributed by atoms with Gasteiger partial charge in [-0.1, -0.05) is 23.7 Å². The topological polar surface area (TPSA) is 75.3 Å². The van der Waals surface area contributed by atoms with Crippen molar-refractivity contribution in [2.45, 2.75) is 6.54 Å². The summed E-state index contributed by atoms with van der Waals surface area (Å²) in [7, 11) is -2.42. The van der Waals surface area contributed by atoms with Crippen LogP contribution in [0.25, 0.3) is 0 Å². The summed E-state index contributed by atoms with van der Waals surface area (Å²) < 4.78 is 37.6. The molecule has 1 amide bonds. The van der Waals surface area contributed by atoms with Gasteiger partial charge in [-0.2, -0.15) is 0 Å². The van der Waals surface area contributed by atoms with Gasteiger partial charge in [-0.3, -0.25) is 4.79 Å². The van der Waals surface area contributed by atoms with Crippen molar-refractivity contribution in [1.29, 1.82) is 0 Å². The molecule has 100 valence electrons. The van der Waals surface area contributed by atoms with Crippen LogP contribution in [-0.4, -0.2) is 27.1 Å². The van der Waals surface area contributed by atoms with Gasteiger partial charge in [0.1, 0.15) is 11.6 Å². The Labute approximate surface area is 109 Å². The number of benzene rings is 1. The average molecular weight is 295 g/mol. The van der Waals surface area contributed by atoms with Gasteiger partial charge in [0.15, 0.2) is 0 Å². The fourth-order valence-corrected chi connectivity index (χ4v) is 1.96. The van der Waals surface area contributed by atoms with E-state index in [2.05, 4.69) is 5.32 Å². The Morgan fingerprint density at radius 3 is 2.72 bits per heavy atom. The van der Waals surface area contributed by atoms with Crippen LogP contribution in [0.15, 0.2) is 18.2 Å². The average Bonchev–Trinajstić information content (AvgIpc) is 2.30. The molecule has 0 fully saturated rings. The molecule has 1 aromatic carbocycles. The molecular formula is C10H12ClFN2O3S. The third kappa shape index (κ3) is 4.25. The summed E-state index contributed by atoms with van der Waals surface area (Å²) in [5.74, 6) is -2.05. The molecular weight excluding hydrogens is 283 g/mol. The number of carbonyl (C=O) groups excluding carboxylic acids is 1. The van der Waals surface area contributed by atoms with Crippen LogP contribution in [0.1, 0.15) is 5.56 Å². The smallest absolute Gasteiger partial charge is 0.236 e. The maximum absolute atomic E-state index is 13.4. The van der Waals surface area contributed by atoms with Crippen molar-refractivity contribution in [3.8, 4) is 0 Å². The van der Waals surface area contributed by atoms with E-state index in [4.69, 9.17) is 11.6 Å². The van der Waals surface area contributed by atoms with Gasteiger partial charge >= 0.3 is 0 Å². The Kier molecular flexibility index (Phi) is 5.06. The highest BCUT2D eigenvalue weighted by atomic mass is 35.5. The van der Waals surface area contributed by atoms with Crippen molar-refractivity contribution in [3.63, 3.8) is 0 Å². The molecule has 0 aliphatic rings. The van der Waals surface area contributed by atoms with E-state index in [-0.39, 0.29) is 17.1 Å². The fourth-order valence-electron chi connectivity index (χ4n) is 1.17. The summed E-state index contributed by atoms with van der Waals surface area (Å²) in [6.45, 7) is -0.121. The van der Waals surface area contributed by atoms with E-state index in [1.165, 1.54) is 25.2 Å². The van der Waals surface area contributed by atoms with Crippen LogP contribution in [0.2, 0.25) is 5.02 Å². The van der Waals surface area contributed by atoms with Crippen LogP contribution < -0.4 is 10.0 Å². The number of sulfonamides is 1. The summed E-state index contributed by atoms with van der Waals surface area (Å²) in [6, 6.07) is 4.37. The van der Waals surface area contributed by atoms with Crippen LogP contribution in [0.4, 0.5) is 4.39 Å². The number of hydrogen-bond donors (Lipinski definition) is 2. The van der Waals surface area contributed by atoms with E-state index in [0.29, 0.717) is 0 Å². The molecule has 0 spiro atoms. The lowest BCUT2D eigenvalue weighted by molar-refractivity contribution is -0.118. The summed E-state index contributed by atoms with van der Waals surface area (Å²) >= 11 is 5.56. The van der Waals surface area contributed by atoms with Crippen molar-refractivity contribution >= 4 is 27.5 Å². The van der Waals surface area contributed by atoms with Gasteiger partial charge in [-0.05, 0) is 13.1 Å². The van der Waals surface area contributed by atoms with Crippen molar-refractivity contribution in [3.05, 3.63) is 34.6 Å². The molecule has 1 rings (SSSR count). The molecule has 0 aromatic heterocycles. The molecule has 5 nitrogen and oxygen atoms in total. The predicted molar refractivity (Wildman–Crippen MR) is 66.1 cm³/mol. The first-order valence-corrected chi connectivity index (χ1v) is 6.99. The maximum Gasteiger partial charge on any atom is 0.236 e. The molecule has 18 heavy (non-hydrogen) atoms. The van der Waals surface area contributed by atoms with Crippen molar-refractivity contribution < 1.29 is 17.6 Å². The van der Waals surface area contributed by atoms with Gasteiger partial charge in [0.05, 0.1) is 5.02 Å². The predicted octanol–water partition coefficient (Wildman–Crippen LogP) is 0.645. The Bertz CT molecular complexity index is 548. The molecule has 8 heteroatoms. The molecule has 0 aliphatic heterocycles. The standard InChI is InChI=1S/C10H12ClFN2O3S/c1-13-18(16,17)6-9(15)14-5-7-3-2-4-8(11)10(7)12/h2-4,13H,5-6H2,1H3,(H,14,15). The summed E-state index contributed by atoms with van der Waals surface area (Å²) in [6.07, 6.45) is 0. The molecule has 0 aliphatic carbocycles. The zero-order valence-electron chi connectivity index (χ0n) is 9.54. The summed E-state index contributed by atoms with van der Waals surface area (Å²) in [5, 5.41) is 2.25. The molecule has 0 bridgehead atoms. The number of carbonyl (C=O) groups is 1. The van der Waals surface area contributed by atoms with Crippen LogP contribution in [0.3, 0.4) is 0 Å². The number of hydrogen-bond acceptors (Lipinski definition) is 3. The van der Waals surface area contributed by atoms with Crippen LogP contribution in [-0.2, 0) is 21.4 Å². The lowest BCUT2D eigenvalue weighted by Gasteiger charge is -2.07. The van der Waals surface area contributed by atoms with E-state index in [1.54, 1.807) is 0 Å². The monoisotopic (exact) mass is 294 g/mol. The van der Waals surface area contributed by atoms with E-state index in [1.807, 2.05) is 4.72 Å². The Morgan fingerprint density at radius 2 is 2.11 bits per heavy atom. The van der Waals surface area contributed by atoms with Crippen molar-refractivity contribution in [1.82, 2.24) is 10.0 Å². The van der Waals surface area contributed by atoms with Gasteiger partial charge < -0.3 is 5.32 Å². The van der Waals surface area contributed by atoms with E-state index in [9.17, 15) is 17.6 Å². The second-order valence-electron chi connectivity index (χ2n) is 3.45. The van der Waals surface area contributed by atoms with Crippen LogP contribution in [0, 0.1) is 5.82 Å². The van der Waals surface area contributed by atoms with Gasteiger partial charge in [-0.25, -0.2) is 17.5 Å². The number of nitrogens with one attached hydrogen (secondary N) is 2. The lowest BCUT2D eigenvalue weighted by atomic mass is 10.2. The minimum Gasteiger partial charge on any atom is -0.351 e. The minimum atomic E-state index is -3.62. The molecule has 0 saturated carbocycles. The fraction of sp³-hybridized carbons (Fsp3) is 0.300. The highest BCUT2D eigenvalue weighted by Crippen LogP contribution is 2.17.